The second kappa shape index (κ2) is 3.25. The molecular weight excluding hydrogens is 167 g/mol. The standard InChI is InChI=1S/C6H5FN2OS/c7-1-4(2-10)5-3-11-6(8)9-5/h1-3H,(H2,8,9). The number of aromatic nitrogens is 1. The fourth-order valence-electron chi connectivity index (χ4n) is 0.562. The molecule has 0 fully saturated rings. The van der Waals surface area contributed by atoms with E-state index in [9.17, 15) is 9.18 Å². The van der Waals surface area contributed by atoms with E-state index in [1.807, 2.05) is 0 Å². The van der Waals surface area contributed by atoms with Crippen LogP contribution in [-0.2, 0) is 4.79 Å². The van der Waals surface area contributed by atoms with Crippen LogP contribution in [0.1, 0.15) is 5.69 Å². The van der Waals surface area contributed by atoms with E-state index >= 15 is 0 Å². The maximum absolute atomic E-state index is 11.9. The highest BCUT2D eigenvalue weighted by Gasteiger charge is 2.03. The molecule has 0 bridgehead atoms. The van der Waals surface area contributed by atoms with Gasteiger partial charge in [0.1, 0.15) is 0 Å². The number of hydrogen-bond acceptors (Lipinski definition) is 4. The minimum absolute atomic E-state index is 0.0852. The molecule has 0 aromatic carbocycles. The first-order valence-electron chi connectivity index (χ1n) is 2.75. The molecule has 0 saturated carbocycles. The number of aldehydes is 1. The number of carbonyl (C=O) groups excluding carboxylic acids is 1. The molecule has 1 heterocycles. The quantitative estimate of drug-likeness (QED) is 0.539. The van der Waals surface area contributed by atoms with Crippen LogP contribution in [0.4, 0.5) is 9.52 Å². The van der Waals surface area contributed by atoms with Crippen molar-refractivity contribution < 1.29 is 9.18 Å². The molecule has 0 aliphatic rings. The largest absolute Gasteiger partial charge is 0.375 e. The van der Waals surface area contributed by atoms with Crippen LogP contribution >= 0.6 is 11.3 Å². The zero-order valence-electron chi connectivity index (χ0n) is 5.45. The Labute approximate surface area is 66.4 Å². The van der Waals surface area contributed by atoms with Gasteiger partial charge < -0.3 is 5.73 Å². The molecule has 0 amide bonds. The Morgan fingerprint density at radius 1 is 1.82 bits per heavy atom. The van der Waals surface area contributed by atoms with Crippen LogP contribution in [0.25, 0.3) is 5.57 Å². The lowest BCUT2D eigenvalue weighted by atomic mass is 10.3. The van der Waals surface area contributed by atoms with Crippen molar-refractivity contribution in [3.05, 3.63) is 17.4 Å². The lowest BCUT2D eigenvalue weighted by Gasteiger charge is -1.86. The summed E-state index contributed by atoms with van der Waals surface area (Å²) in [6, 6.07) is 0. The number of rotatable bonds is 2. The Kier molecular flexibility index (Phi) is 2.32. The van der Waals surface area contributed by atoms with Crippen LogP contribution in [-0.4, -0.2) is 11.3 Å². The van der Waals surface area contributed by atoms with Crippen LogP contribution in [0.3, 0.4) is 0 Å². The predicted octanol–water partition coefficient (Wildman–Crippen LogP) is 1.23. The van der Waals surface area contributed by atoms with Gasteiger partial charge in [-0.15, -0.1) is 11.3 Å². The Balaban J connectivity index is 3.00. The van der Waals surface area contributed by atoms with E-state index in [-0.39, 0.29) is 17.6 Å². The Hall–Kier alpha value is -1.23. The topological polar surface area (TPSA) is 56.0 Å². The first kappa shape index (κ1) is 7.87. The maximum Gasteiger partial charge on any atom is 0.180 e. The monoisotopic (exact) mass is 172 g/mol. The Morgan fingerprint density at radius 3 is 2.91 bits per heavy atom. The van der Waals surface area contributed by atoms with Crippen molar-refractivity contribution >= 4 is 28.3 Å². The SMILES string of the molecule is Nc1nc(C(C=O)=CF)cs1. The number of carbonyl (C=O) groups is 1. The highest BCUT2D eigenvalue weighted by molar-refractivity contribution is 7.13. The number of nitrogen functional groups attached to an aromatic ring is 1. The summed E-state index contributed by atoms with van der Waals surface area (Å²) >= 11 is 1.16. The molecule has 58 valence electrons. The second-order valence-electron chi connectivity index (χ2n) is 1.75. The highest BCUT2D eigenvalue weighted by Crippen LogP contribution is 2.17. The number of hydrogen-bond donors (Lipinski definition) is 1. The summed E-state index contributed by atoms with van der Waals surface area (Å²) in [6.45, 7) is 0. The summed E-state index contributed by atoms with van der Waals surface area (Å²) < 4.78 is 11.9. The fraction of sp³-hybridized carbons (Fsp3) is 0. The third-order valence-electron chi connectivity index (χ3n) is 1.06. The summed E-state index contributed by atoms with van der Waals surface area (Å²) in [5.41, 5.74) is 5.46. The van der Waals surface area contributed by atoms with Gasteiger partial charge in [0.05, 0.1) is 17.6 Å². The molecule has 1 rings (SSSR count). The van der Waals surface area contributed by atoms with Gasteiger partial charge in [0.15, 0.2) is 11.4 Å². The maximum atomic E-state index is 11.9. The van der Waals surface area contributed by atoms with Gasteiger partial charge in [-0.1, -0.05) is 0 Å². The van der Waals surface area contributed by atoms with Crippen molar-refractivity contribution in [3.63, 3.8) is 0 Å². The Morgan fingerprint density at radius 2 is 2.55 bits per heavy atom. The molecule has 3 nitrogen and oxygen atoms in total. The first-order chi connectivity index (χ1) is 5.27. The smallest absolute Gasteiger partial charge is 0.180 e. The molecule has 0 saturated heterocycles. The summed E-state index contributed by atoms with van der Waals surface area (Å²) in [6.07, 6.45) is 0.607. The van der Waals surface area contributed by atoms with Gasteiger partial charge in [0.2, 0.25) is 0 Å². The van der Waals surface area contributed by atoms with Crippen molar-refractivity contribution in [2.75, 3.05) is 5.73 Å². The third kappa shape index (κ3) is 1.62. The normalized spacial score (nSPS) is 11.5. The fourth-order valence-corrected chi connectivity index (χ4v) is 1.13. The molecule has 5 heteroatoms. The lowest BCUT2D eigenvalue weighted by Crippen LogP contribution is -1.87. The van der Waals surface area contributed by atoms with Crippen molar-refractivity contribution in [3.8, 4) is 0 Å². The van der Waals surface area contributed by atoms with Crippen molar-refractivity contribution in [1.82, 2.24) is 4.98 Å². The molecule has 0 unspecified atom stereocenters. The average Bonchev–Trinajstić information content (AvgIpc) is 2.39. The van der Waals surface area contributed by atoms with Gasteiger partial charge >= 0.3 is 0 Å². The van der Waals surface area contributed by atoms with Crippen LogP contribution in [0.15, 0.2) is 11.7 Å². The second-order valence-corrected chi connectivity index (χ2v) is 2.64. The third-order valence-corrected chi connectivity index (χ3v) is 1.74. The first-order valence-corrected chi connectivity index (χ1v) is 3.63. The van der Waals surface area contributed by atoms with Gasteiger partial charge in [-0.3, -0.25) is 4.79 Å². The van der Waals surface area contributed by atoms with E-state index in [4.69, 9.17) is 5.73 Å². The highest BCUT2D eigenvalue weighted by atomic mass is 32.1. The van der Waals surface area contributed by atoms with Crippen LogP contribution in [0.2, 0.25) is 0 Å². The molecule has 0 radical (unpaired) electrons. The summed E-state index contributed by atoms with van der Waals surface area (Å²) in [4.78, 5) is 13.9. The molecule has 1 aromatic heterocycles. The van der Waals surface area contributed by atoms with E-state index in [0.29, 0.717) is 11.4 Å². The van der Waals surface area contributed by atoms with Crippen molar-refractivity contribution in [2.24, 2.45) is 0 Å². The van der Waals surface area contributed by atoms with Gasteiger partial charge in [-0.25, -0.2) is 9.37 Å². The predicted molar refractivity (Wildman–Crippen MR) is 41.7 cm³/mol. The molecule has 2 N–H and O–H groups in total. The summed E-state index contributed by atoms with van der Waals surface area (Å²) in [5.74, 6) is 0. The number of nitrogens with zero attached hydrogens (tertiary/aromatic N) is 1. The summed E-state index contributed by atoms with van der Waals surface area (Å²) in [7, 11) is 0. The zero-order valence-corrected chi connectivity index (χ0v) is 6.27. The van der Waals surface area contributed by atoms with E-state index in [2.05, 4.69) is 4.98 Å². The van der Waals surface area contributed by atoms with Gasteiger partial charge in [-0.05, 0) is 0 Å². The number of thiazole rings is 1. The minimum atomic E-state index is -0.0852. The molecule has 0 atom stereocenters. The number of nitrogens with two attached hydrogens (primary N) is 1. The molecule has 0 aliphatic carbocycles. The van der Waals surface area contributed by atoms with E-state index in [0.717, 1.165) is 11.3 Å². The molecular formula is C6H5FN2OS. The zero-order chi connectivity index (χ0) is 8.27. The van der Waals surface area contributed by atoms with E-state index in [1.165, 1.54) is 5.38 Å². The van der Waals surface area contributed by atoms with Gasteiger partial charge in [0, 0.05) is 5.38 Å². The average molecular weight is 172 g/mol. The molecule has 0 aliphatic heterocycles. The number of allylic oxidation sites excluding steroid dienone is 1. The van der Waals surface area contributed by atoms with Crippen molar-refractivity contribution in [2.45, 2.75) is 0 Å². The molecule has 0 spiro atoms. The lowest BCUT2D eigenvalue weighted by molar-refractivity contribution is -0.103. The van der Waals surface area contributed by atoms with Gasteiger partial charge in [0.25, 0.3) is 0 Å². The Bertz CT molecular complexity index is 295. The summed E-state index contributed by atoms with van der Waals surface area (Å²) in [5, 5.41) is 1.84. The molecule has 11 heavy (non-hydrogen) atoms. The number of anilines is 1. The van der Waals surface area contributed by atoms with Gasteiger partial charge in [-0.2, -0.15) is 0 Å². The minimum Gasteiger partial charge on any atom is -0.375 e. The van der Waals surface area contributed by atoms with E-state index < -0.39 is 0 Å². The van der Waals surface area contributed by atoms with Crippen LogP contribution in [0.5, 0.6) is 0 Å². The van der Waals surface area contributed by atoms with Crippen molar-refractivity contribution in [1.29, 1.82) is 0 Å². The van der Waals surface area contributed by atoms with Crippen LogP contribution in [0, 0.1) is 0 Å². The van der Waals surface area contributed by atoms with Crippen LogP contribution < -0.4 is 5.73 Å². The molecule has 1 aromatic rings. The van der Waals surface area contributed by atoms with E-state index in [1.54, 1.807) is 0 Å². The number of halogens is 1.